The standard InChI is InChI=1S/C32H26N4O5/c1-3-15-33-25(5-1)19-38-27-11-7-23(8-12-27)31-17-29(40-35-31)21-37-22-30-18-32(36-41-30)24-9-13-28(14-10-24)39-20-26-6-2-4-16-34-26/h1-18H,19-22H2. The van der Waals surface area contributed by atoms with Crippen LogP contribution < -0.4 is 9.47 Å². The molecule has 6 aromatic rings. The maximum atomic E-state index is 5.80. The highest BCUT2D eigenvalue weighted by Gasteiger charge is 2.10. The van der Waals surface area contributed by atoms with Gasteiger partial charge in [-0.25, -0.2) is 0 Å². The SMILES string of the molecule is c1ccc(COc2ccc(-c3cc(COCc4cc(-c5ccc(OCc6ccccn6)cc5)no4)on3)cc2)nc1. The van der Waals surface area contributed by atoms with E-state index in [9.17, 15) is 0 Å². The molecule has 4 aromatic heterocycles. The molecular weight excluding hydrogens is 520 g/mol. The van der Waals surface area contributed by atoms with Gasteiger partial charge in [0, 0.05) is 35.7 Å². The Morgan fingerprint density at radius 1 is 0.512 bits per heavy atom. The van der Waals surface area contributed by atoms with Gasteiger partial charge in [-0.15, -0.1) is 0 Å². The molecule has 204 valence electrons. The van der Waals surface area contributed by atoms with Crippen molar-refractivity contribution in [1.82, 2.24) is 20.3 Å². The highest BCUT2D eigenvalue weighted by atomic mass is 16.5. The Labute approximate surface area is 236 Å². The smallest absolute Gasteiger partial charge is 0.163 e. The van der Waals surface area contributed by atoms with Crippen molar-refractivity contribution >= 4 is 0 Å². The zero-order valence-electron chi connectivity index (χ0n) is 22.1. The molecule has 2 aromatic carbocycles. The van der Waals surface area contributed by atoms with Gasteiger partial charge in [0.15, 0.2) is 11.5 Å². The molecule has 0 saturated carbocycles. The lowest BCUT2D eigenvalue weighted by atomic mass is 10.1. The van der Waals surface area contributed by atoms with E-state index >= 15 is 0 Å². The predicted octanol–water partition coefficient (Wildman–Crippen LogP) is 6.66. The van der Waals surface area contributed by atoms with E-state index in [4.69, 9.17) is 23.3 Å². The lowest BCUT2D eigenvalue weighted by Crippen LogP contribution is -1.97. The quantitative estimate of drug-likeness (QED) is 0.167. The van der Waals surface area contributed by atoms with Gasteiger partial charge < -0.3 is 23.3 Å². The summed E-state index contributed by atoms with van der Waals surface area (Å²) in [5.74, 6) is 2.72. The molecule has 0 fully saturated rings. The van der Waals surface area contributed by atoms with Gasteiger partial charge in [-0.2, -0.15) is 0 Å². The Bertz CT molecular complexity index is 1530. The molecule has 0 bridgehead atoms. The molecular formula is C32H26N4O5. The van der Waals surface area contributed by atoms with E-state index in [0.29, 0.717) is 36.1 Å². The minimum Gasteiger partial charge on any atom is -0.487 e. The van der Waals surface area contributed by atoms with Gasteiger partial charge in [-0.1, -0.05) is 22.4 Å². The Balaban J connectivity index is 0.965. The lowest BCUT2D eigenvalue weighted by molar-refractivity contribution is 0.0727. The van der Waals surface area contributed by atoms with Gasteiger partial charge >= 0.3 is 0 Å². The first kappa shape index (κ1) is 26.0. The van der Waals surface area contributed by atoms with Crippen molar-refractivity contribution in [2.24, 2.45) is 0 Å². The zero-order chi connectivity index (χ0) is 27.7. The summed E-state index contributed by atoms with van der Waals surface area (Å²) in [6, 6.07) is 30.5. The number of pyridine rings is 2. The van der Waals surface area contributed by atoms with Crippen molar-refractivity contribution in [3.05, 3.63) is 132 Å². The van der Waals surface area contributed by atoms with Crippen LogP contribution in [0.15, 0.2) is 119 Å². The maximum absolute atomic E-state index is 5.80. The second-order valence-electron chi connectivity index (χ2n) is 9.12. The van der Waals surface area contributed by atoms with Crippen LogP contribution in [0.2, 0.25) is 0 Å². The van der Waals surface area contributed by atoms with Crippen molar-refractivity contribution in [2.75, 3.05) is 0 Å². The van der Waals surface area contributed by atoms with E-state index in [1.807, 2.05) is 97.1 Å². The van der Waals surface area contributed by atoms with E-state index in [-0.39, 0.29) is 13.2 Å². The summed E-state index contributed by atoms with van der Waals surface area (Å²) < 4.78 is 28.3. The average molecular weight is 547 g/mol. The molecule has 0 atom stereocenters. The van der Waals surface area contributed by atoms with E-state index in [0.717, 1.165) is 34.0 Å². The highest BCUT2D eigenvalue weighted by Crippen LogP contribution is 2.25. The highest BCUT2D eigenvalue weighted by molar-refractivity contribution is 5.60. The predicted molar refractivity (Wildman–Crippen MR) is 150 cm³/mol. The van der Waals surface area contributed by atoms with Crippen LogP contribution in [0.5, 0.6) is 11.5 Å². The number of aromatic nitrogens is 4. The van der Waals surface area contributed by atoms with Gasteiger partial charge in [-0.3, -0.25) is 9.97 Å². The molecule has 0 unspecified atom stereocenters. The molecule has 0 aliphatic heterocycles. The fraction of sp³-hybridized carbons (Fsp3) is 0.125. The molecule has 0 amide bonds. The van der Waals surface area contributed by atoms with Gasteiger partial charge in [0.2, 0.25) is 0 Å². The Hall–Kier alpha value is -5.28. The van der Waals surface area contributed by atoms with Crippen molar-refractivity contribution in [1.29, 1.82) is 0 Å². The third-order valence-corrected chi connectivity index (χ3v) is 6.13. The van der Waals surface area contributed by atoms with Crippen LogP contribution in [-0.2, 0) is 31.2 Å². The largest absolute Gasteiger partial charge is 0.487 e. The number of rotatable bonds is 12. The van der Waals surface area contributed by atoms with E-state index in [1.54, 1.807) is 12.4 Å². The number of nitrogens with zero attached hydrogens (tertiary/aromatic N) is 4. The van der Waals surface area contributed by atoms with Crippen molar-refractivity contribution in [3.8, 4) is 34.0 Å². The number of hydrogen-bond acceptors (Lipinski definition) is 9. The molecule has 9 heteroatoms. The zero-order valence-corrected chi connectivity index (χ0v) is 22.1. The number of hydrogen-bond donors (Lipinski definition) is 0. The first-order valence-electron chi connectivity index (χ1n) is 13.0. The first-order valence-corrected chi connectivity index (χ1v) is 13.0. The number of ether oxygens (including phenoxy) is 3. The van der Waals surface area contributed by atoms with Gasteiger partial charge in [0.25, 0.3) is 0 Å². The van der Waals surface area contributed by atoms with Crippen molar-refractivity contribution in [3.63, 3.8) is 0 Å². The summed E-state index contributed by atoms with van der Waals surface area (Å²) in [5.41, 5.74) is 5.01. The molecule has 0 radical (unpaired) electrons. The van der Waals surface area contributed by atoms with Crippen LogP contribution in [0.4, 0.5) is 0 Å². The van der Waals surface area contributed by atoms with Gasteiger partial charge in [0.05, 0.1) is 11.4 Å². The molecule has 0 aliphatic rings. The summed E-state index contributed by atoms with van der Waals surface area (Å²) in [6.45, 7) is 1.31. The Morgan fingerprint density at radius 3 is 1.39 bits per heavy atom. The third-order valence-electron chi connectivity index (χ3n) is 6.13. The molecule has 0 aliphatic carbocycles. The van der Waals surface area contributed by atoms with Crippen LogP contribution in [-0.4, -0.2) is 20.3 Å². The van der Waals surface area contributed by atoms with Gasteiger partial charge in [-0.05, 0) is 72.8 Å². The van der Waals surface area contributed by atoms with Crippen molar-refractivity contribution in [2.45, 2.75) is 26.4 Å². The van der Waals surface area contributed by atoms with Crippen LogP contribution in [0.3, 0.4) is 0 Å². The molecule has 0 spiro atoms. The fourth-order valence-corrected chi connectivity index (χ4v) is 4.01. The molecule has 0 N–H and O–H groups in total. The molecule has 6 rings (SSSR count). The number of benzene rings is 2. The minimum atomic E-state index is 0.247. The van der Waals surface area contributed by atoms with Crippen molar-refractivity contribution < 1.29 is 23.3 Å². The average Bonchev–Trinajstić information content (AvgIpc) is 3.71. The Kier molecular flexibility index (Phi) is 8.05. The summed E-state index contributed by atoms with van der Waals surface area (Å²) >= 11 is 0. The summed E-state index contributed by atoms with van der Waals surface area (Å²) in [4.78, 5) is 8.53. The molecule has 9 nitrogen and oxygen atoms in total. The molecule has 0 saturated heterocycles. The topological polar surface area (TPSA) is 106 Å². The molecule has 4 heterocycles. The van der Waals surface area contributed by atoms with Crippen LogP contribution >= 0.6 is 0 Å². The summed E-state index contributed by atoms with van der Waals surface area (Å²) in [5, 5.41) is 8.32. The monoisotopic (exact) mass is 546 g/mol. The summed E-state index contributed by atoms with van der Waals surface area (Å²) in [6.07, 6.45) is 3.50. The minimum absolute atomic E-state index is 0.247. The van der Waals surface area contributed by atoms with E-state index in [1.165, 1.54) is 0 Å². The second kappa shape index (κ2) is 12.7. The maximum Gasteiger partial charge on any atom is 0.163 e. The fourth-order valence-electron chi connectivity index (χ4n) is 4.01. The van der Waals surface area contributed by atoms with E-state index in [2.05, 4.69) is 20.3 Å². The molecule has 41 heavy (non-hydrogen) atoms. The lowest BCUT2D eigenvalue weighted by Gasteiger charge is -2.06. The third kappa shape index (κ3) is 7.03. The van der Waals surface area contributed by atoms with Crippen LogP contribution in [0.1, 0.15) is 22.9 Å². The second-order valence-corrected chi connectivity index (χ2v) is 9.12. The van der Waals surface area contributed by atoms with Crippen LogP contribution in [0.25, 0.3) is 22.5 Å². The Morgan fingerprint density at radius 2 is 0.976 bits per heavy atom. The summed E-state index contributed by atoms with van der Waals surface area (Å²) in [7, 11) is 0. The van der Waals surface area contributed by atoms with E-state index < -0.39 is 0 Å². The normalized spacial score (nSPS) is 10.9. The van der Waals surface area contributed by atoms with Gasteiger partial charge in [0.1, 0.15) is 49.3 Å². The first-order chi connectivity index (χ1) is 20.3. The van der Waals surface area contributed by atoms with Crippen LogP contribution in [0, 0.1) is 0 Å².